The Morgan fingerprint density at radius 3 is 2.88 bits per heavy atom. The molecular weight excluding hydrogens is 204 g/mol. The van der Waals surface area contributed by atoms with Crippen molar-refractivity contribution in [3.8, 4) is 0 Å². The first-order valence-electron chi connectivity index (χ1n) is 5.23. The molecule has 0 spiro atoms. The highest BCUT2D eigenvalue weighted by Crippen LogP contribution is 2.27. The van der Waals surface area contributed by atoms with Crippen molar-refractivity contribution >= 4 is 16.9 Å². The van der Waals surface area contributed by atoms with Gasteiger partial charge in [-0.05, 0) is 24.6 Å². The maximum Gasteiger partial charge on any atom is 0.311 e. The molecule has 1 atom stereocenters. The van der Waals surface area contributed by atoms with E-state index < -0.39 is 11.9 Å². The Morgan fingerprint density at radius 2 is 2.19 bits per heavy atom. The van der Waals surface area contributed by atoms with E-state index in [0.29, 0.717) is 13.0 Å². The van der Waals surface area contributed by atoms with Gasteiger partial charge in [0.2, 0.25) is 0 Å². The Kier molecular flexibility index (Phi) is 2.92. The second kappa shape index (κ2) is 4.37. The van der Waals surface area contributed by atoms with Crippen LogP contribution in [0.3, 0.4) is 0 Å². The van der Waals surface area contributed by atoms with Gasteiger partial charge in [-0.2, -0.15) is 0 Å². The first-order chi connectivity index (χ1) is 7.74. The summed E-state index contributed by atoms with van der Waals surface area (Å²) >= 11 is 0. The highest BCUT2D eigenvalue weighted by Gasteiger charge is 2.21. The first kappa shape index (κ1) is 10.7. The molecule has 4 N–H and O–H groups in total. The van der Waals surface area contributed by atoms with Crippen LogP contribution >= 0.6 is 0 Å². The number of nitrogens with one attached hydrogen (secondary N) is 1. The topological polar surface area (TPSA) is 79.1 Å². The molecule has 0 saturated heterocycles. The van der Waals surface area contributed by atoms with E-state index in [9.17, 15) is 4.79 Å². The van der Waals surface area contributed by atoms with Crippen molar-refractivity contribution in [2.24, 2.45) is 5.73 Å². The number of nitrogens with two attached hydrogens (primary N) is 1. The van der Waals surface area contributed by atoms with Crippen LogP contribution in [0.2, 0.25) is 0 Å². The summed E-state index contributed by atoms with van der Waals surface area (Å²) in [7, 11) is 0. The van der Waals surface area contributed by atoms with Crippen LogP contribution in [0.25, 0.3) is 10.9 Å². The molecule has 1 aromatic carbocycles. The van der Waals surface area contributed by atoms with Gasteiger partial charge in [0.15, 0.2) is 0 Å². The predicted octanol–water partition coefficient (Wildman–Crippen LogP) is 1.68. The second-order valence-electron chi connectivity index (χ2n) is 3.76. The van der Waals surface area contributed by atoms with Crippen LogP contribution in [0.1, 0.15) is 17.9 Å². The number of carboxylic acid groups (broad SMARTS) is 1. The molecule has 0 fully saturated rings. The molecule has 0 saturated carbocycles. The zero-order valence-electron chi connectivity index (χ0n) is 8.81. The van der Waals surface area contributed by atoms with Crippen LogP contribution in [-0.4, -0.2) is 22.6 Å². The number of aromatic nitrogens is 1. The van der Waals surface area contributed by atoms with Crippen LogP contribution in [0.4, 0.5) is 0 Å². The molecule has 4 heteroatoms. The average Bonchev–Trinajstić information content (AvgIpc) is 2.69. The van der Waals surface area contributed by atoms with Gasteiger partial charge in [0.25, 0.3) is 0 Å². The molecule has 4 nitrogen and oxygen atoms in total. The molecule has 0 aliphatic carbocycles. The lowest BCUT2D eigenvalue weighted by molar-refractivity contribution is -0.138. The highest BCUT2D eigenvalue weighted by molar-refractivity contribution is 5.89. The van der Waals surface area contributed by atoms with E-state index in [4.69, 9.17) is 10.8 Å². The molecule has 0 aliphatic rings. The molecular formula is C12H14N2O2. The van der Waals surface area contributed by atoms with Gasteiger partial charge >= 0.3 is 5.97 Å². The summed E-state index contributed by atoms with van der Waals surface area (Å²) in [6.45, 7) is 0.372. The van der Waals surface area contributed by atoms with E-state index in [2.05, 4.69) is 4.98 Å². The van der Waals surface area contributed by atoms with E-state index in [1.54, 1.807) is 6.20 Å². The quantitative estimate of drug-likeness (QED) is 0.730. The summed E-state index contributed by atoms with van der Waals surface area (Å²) < 4.78 is 0. The molecule has 1 heterocycles. The van der Waals surface area contributed by atoms with Gasteiger partial charge in [0.1, 0.15) is 0 Å². The predicted molar refractivity (Wildman–Crippen MR) is 62.3 cm³/mol. The highest BCUT2D eigenvalue weighted by atomic mass is 16.4. The van der Waals surface area contributed by atoms with E-state index in [1.165, 1.54) is 0 Å². The van der Waals surface area contributed by atoms with Crippen molar-refractivity contribution in [3.05, 3.63) is 36.0 Å². The van der Waals surface area contributed by atoms with Gasteiger partial charge in [0, 0.05) is 17.1 Å². The normalized spacial score (nSPS) is 12.8. The fourth-order valence-corrected chi connectivity index (χ4v) is 1.96. The summed E-state index contributed by atoms with van der Waals surface area (Å²) in [6, 6.07) is 7.68. The number of fused-ring (bicyclic) bond motifs is 1. The fraction of sp³-hybridized carbons (Fsp3) is 0.250. The molecule has 2 rings (SSSR count). The van der Waals surface area contributed by atoms with E-state index in [-0.39, 0.29) is 0 Å². The Morgan fingerprint density at radius 1 is 1.44 bits per heavy atom. The second-order valence-corrected chi connectivity index (χ2v) is 3.76. The van der Waals surface area contributed by atoms with Crippen molar-refractivity contribution in [1.29, 1.82) is 0 Å². The lowest BCUT2D eigenvalue weighted by Gasteiger charge is -2.09. The summed E-state index contributed by atoms with van der Waals surface area (Å²) in [4.78, 5) is 14.2. The van der Waals surface area contributed by atoms with Crippen LogP contribution < -0.4 is 5.73 Å². The number of aliphatic carboxylic acids is 1. The summed E-state index contributed by atoms with van der Waals surface area (Å²) in [6.07, 6.45) is 2.22. The third-order valence-corrected chi connectivity index (χ3v) is 2.75. The van der Waals surface area contributed by atoms with E-state index >= 15 is 0 Å². The standard InChI is InChI=1S/C12H14N2O2/c13-6-5-9(12(15)16)10-7-14-11-4-2-1-3-8(10)11/h1-4,7,9,14H,5-6,13H2,(H,15,16). The number of para-hydroxylation sites is 1. The molecule has 84 valence electrons. The molecule has 0 radical (unpaired) electrons. The van der Waals surface area contributed by atoms with Gasteiger partial charge in [0.05, 0.1) is 5.92 Å². The Hall–Kier alpha value is -1.81. The molecule has 0 amide bonds. The monoisotopic (exact) mass is 218 g/mol. The third kappa shape index (κ3) is 1.79. The van der Waals surface area contributed by atoms with Crippen LogP contribution in [0, 0.1) is 0 Å². The zero-order valence-corrected chi connectivity index (χ0v) is 8.81. The molecule has 0 bridgehead atoms. The number of carboxylic acids is 1. The number of aromatic amines is 1. The SMILES string of the molecule is NCCC(C(=O)O)c1c[nH]c2ccccc12. The average molecular weight is 218 g/mol. The number of hydrogen-bond acceptors (Lipinski definition) is 2. The molecule has 2 aromatic rings. The largest absolute Gasteiger partial charge is 0.481 e. The Bertz CT molecular complexity index is 504. The van der Waals surface area contributed by atoms with Gasteiger partial charge in [-0.3, -0.25) is 4.79 Å². The molecule has 1 aromatic heterocycles. The van der Waals surface area contributed by atoms with E-state index in [1.807, 2.05) is 24.3 Å². The fourth-order valence-electron chi connectivity index (χ4n) is 1.96. The summed E-state index contributed by atoms with van der Waals surface area (Å²) in [5.74, 6) is -1.35. The van der Waals surface area contributed by atoms with Crippen molar-refractivity contribution in [1.82, 2.24) is 4.98 Å². The van der Waals surface area contributed by atoms with Crippen LogP contribution in [0.15, 0.2) is 30.5 Å². The van der Waals surface area contributed by atoms with Crippen molar-refractivity contribution in [2.45, 2.75) is 12.3 Å². The number of benzene rings is 1. The maximum absolute atomic E-state index is 11.2. The minimum atomic E-state index is -0.824. The number of rotatable bonds is 4. The van der Waals surface area contributed by atoms with Crippen molar-refractivity contribution < 1.29 is 9.90 Å². The minimum Gasteiger partial charge on any atom is -0.481 e. The summed E-state index contributed by atoms with van der Waals surface area (Å²) in [5.41, 5.74) is 7.22. The third-order valence-electron chi connectivity index (χ3n) is 2.75. The van der Waals surface area contributed by atoms with Gasteiger partial charge < -0.3 is 15.8 Å². The minimum absolute atomic E-state index is 0.372. The number of H-pyrrole nitrogens is 1. The van der Waals surface area contributed by atoms with Gasteiger partial charge in [-0.15, -0.1) is 0 Å². The summed E-state index contributed by atoms with van der Waals surface area (Å²) in [5, 5.41) is 10.1. The van der Waals surface area contributed by atoms with Crippen molar-refractivity contribution in [2.75, 3.05) is 6.54 Å². The lowest BCUT2D eigenvalue weighted by Crippen LogP contribution is -2.15. The van der Waals surface area contributed by atoms with Crippen molar-refractivity contribution in [3.63, 3.8) is 0 Å². The van der Waals surface area contributed by atoms with Gasteiger partial charge in [-0.25, -0.2) is 0 Å². The maximum atomic E-state index is 11.2. The Balaban J connectivity index is 2.48. The lowest BCUT2D eigenvalue weighted by atomic mass is 9.95. The number of carbonyl (C=O) groups is 1. The Labute approximate surface area is 93.1 Å². The van der Waals surface area contributed by atoms with E-state index in [0.717, 1.165) is 16.5 Å². The smallest absolute Gasteiger partial charge is 0.311 e. The molecule has 0 aliphatic heterocycles. The van der Waals surface area contributed by atoms with Gasteiger partial charge in [-0.1, -0.05) is 18.2 Å². The molecule has 16 heavy (non-hydrogen) atoms. The van der Waals surface area contributed by atoms with Crippen LogP contribution in [0.5, 0.6) is 0 Å². The first-order valence-corrected chi connectivity index (χ1v) is 5.23. The van der Waals surface area contributed by atoms with Crippen LogP contribution in [-0.2, 0) is 4.79 Å². The zero-order chi connectivity index (χ0) is 11.5. The molecule has 1 unspecified atom stereocenters. The number of hydrogen-bond donors (Lipinski definition) is 3.